The number of aromatic nitrogens is 4. The van der Waals surface area contributed by atoms with Crippen molar-refractivity contribution in [3.05, 3.63) is 27.9 Å². The van der Waals surface area contributed by atoms with Crippen LogP contribution in [0.5, 0.6) is 0 Å². The SMILES string of the molecule is Brc1cnc2c(n1)[N+](=Cc1cc3[nH]ncc3s1)N2. The van der Waals surface area contributed by atoms with Gasteiger partial charge in [0.2, 0.25) is 4.60 Å². The fraction of sp³-hybridized carbons (Fsp3) is 0. The molecule has 4 rings (SSSR count). The molecule has 6 nitrogen and oxygen atoms in total. The third-order valence-electron chi connectivity index (χ3n) is 2.58. The minimum atomic E-state index is 0.726. The topological polar surface area (TPSA) is 69.5 Å². The monoisotopic (exact) mass is 321 g/mol. The Labute approximate surface area is 113 Å². The van der Waals surface area contributed by atoms with Crippen LogP contribution in [0.2, 0.25) is 0 Å². The van der Waals surface area contributed by atoms with E-state index >= 15 is 0 Å². The van der Waals surface area contributed by atoms with Gasteiger partial charge >= 0.3 is 5.82 Å². The number of anilines is 1. The normalized spacial score (nSPS) is 15.5. The van der Waals surface area contributed by atoms with E-state index < -0.39 is 0 Å². The number of nitrogens with one attached hydrogen (secondary N) is 2. The summed E-state index contributed by atoms with van der Waals surface area (Å²) in [5.74, 6) is 1.61. The Hall–Kier alpha value is -1.80. The maximum absolute atomic E-state index is 4.35. The summed E-state index contributed by atoms with van der Waals surface area (Å²) in [6.07, 6.45) is 5.48. The third kappa shape index (κ3) is 1.46. The molecule has 0 fully saturated rings. The second-order valence-corrected chi connectivity index (χ2v) is 5.70. The number of hydrogen-bond donors (Lipinski definition) is 2. The van der Waals surface area contributed by atoms with Gasteiger partial charge in [0.05, 0.1) is 27.5 Å². The number of nitrogens with zero attached hydrogens (tertiary/aromatic N) is 4. The summed E-state index contributed by atoms with van der Waals surface area (Å²) in [4.78, 5) is 9.67. The number of fused-ring (bicyclic) bond motifs is 2. The van der Waals surface area contributed by atoms with Crippen molar-refractivity contribution in [1.29, 1.82) is 0 Å². The van der Waals surface area contributed by atoms with Gasteiger partial charge in [0.25, 0.3) is 5.82 Å². The van der Waals surface area contributed by atoms with Crippen molar-refractivity contribution in [2.75, 3.05) is 5.43 Å². The number of halogens is 1. The number of rotatable bonds is 1. The van der Waals surface area contributed by atoms with Crippen LogP contribution in [-0.4, -0.2) is 31.1 Å². The summed E-state index contributed by atoms with van der Waals surface area (Å²) in [5.41, 5.74) is 4.15. The van der Waals surface area contributed by atoms with Crippen LogP contribution in [-0.2, 0) is 0 Å². The molecular weight excluding hydrogens is 316 g/mol. The van der Waals surface area contributed by atoms with Crippen LogP contribution in [0.15, 0.2) is 23.1 Å². The Morgan fingerprint density at radius 3 is 3.22 bits per heavy atom. The molecule has 3 aromatic heterocycles. The lowest BCUT2D eigenvalue weighted by Gasteiger charge is -2.15. The van der Waals surface area contributed by atoms with Gasteiger partial charge in [-0.2, -0.15) is 10.5 Å². The lowest BCUT2D eigenvalue weighted by molar-refractivity contribution is -0.427. The van der Waals surface area contributed by atoms with Gasteiger partial charge in [-0.15, -0.1) is 16.0 Å². The van der Waals surface area contributed by atoms with Crippen LogP contribution in [0, 0.1) is 0 Å². The minimum Gasteiger partial charge on any atom is -0.277 e. The molecule has 2 N–H and O–H groups in total. The third-order valence-corrected chi connectivity index (χ3v) is 3.97. The molecule has 0 saturated heterocycles. The molecule has 0 unspecified atom stereocenters. The van der Waals surface area contributed by atoms with Gasteiger partial charge in [0, 0.05) is 15.9 Å². The Balaban J connectivity index is 1.76. The maximum Gasteiger partial charge on any atom is 0.394 e. The van der Waals surface area contributed by atoms with Crippen LogP contribution >= 0.6 is 27.3 Å². The zero-order chi connectivity index (χ0) is 12.1. The first-order valence-corrected chi connectivity index (χ1v) is 6.77. The molecule has 0 radical (unpaired) electrons. The summed E-state index contributed by atoms with van der Waals surface area (Å²) >= 11 is 4.98. The average Bonchev–Trinajstić information content (AvgIpc) is 2.89. The number of hydrazone groups is 1. The Bertz CT molecular complexity index is 760. The molecule has 3 aromatic rings. The van der Waals surface area contributed by atoms with Crippen LogP contribution in [0.25, 0.3) is 10.2 Å². The zero-order valence-corrected chi connectivity index (χ0v) is 11.3. The number of thiophene rings is 1. The van der Waals surface area contributed by atoms with E-state index in [0.29, 0.717) is 0 Å². The molecule has 0 amide bonds. The van der Waals surface area contributed by atoms with Gasteiger partial charge in [-0.25, -0.2) is 4.98 Å². The van der Waals surface area contributed by atoms with E-state index in [1.807, 2.05) is 17.1 Å². The Morgan fingerprint density at radius 2 is 2.33 bits per heavy atom. The van der Waals surface area contributed by atoms with Gasteiger partial charge in [-0.05, 0) is 11.1 Å². The molecule has 8 heteroatoms. The molecule has 0 aliphatic carbocycles. The van der Waals surface area contributed by atoms with Crippen molar-refractivity contribution in [1.82, 2.24) is 20.2 Å². The summed E-state index contributed by atoms with van der Waals surface area (Å²) in [7, 11) is 0. The van der Waals surface area contributed by atoms with Crippen molar-refractivity contribution in [2.24, 2.45) is 0 Å². The van der Waals surface area contributed by atoms with Crippen molar-refractivity contribution in [3.8, 4) is 0 Å². The predicted molar refractivity (Wildman–Crippen MR) is 72.4 cm³/mol. The van der Waals surface area contributed by atoms with Gasteiger partial charge in [0.1, 0.15) is 6.21 Å². The van der Waals surface area contributed by atoms with Crippen molar-refractivity contribution in [2.45, 2.75) is 0 Å². The minimum absolute atomic E-state index is 0.726. The molecule has 0 bridgehead atoms. The van der Waals surface area contributed by atoms with E-state index in [2.05, 4.69) is 47.6 Å². The molecule has 88 valence electrons. The quantitative estimate of drug-likeness (QED) is 0.675. The van der Waals surface area contributed by atoms with Gasteiger partial charge in [-0.3, -0.25) is 5.10 Å². The maximum atomic E-state index is 4.35. The molecule has 1 aliphatic rings. The highest BCUT2D eigenvalue weighted by molar-refractivity contribution is 9.10. The summed E-state index contributed by atoms with van der Waals surface area (Å²) in [5, 5.41) is 6.92. The van der Waals surface area contributed by atoms with Crippen LogP contribution in [0.4, 0.5) is 11.6 Å². The highest BCUT2D eigenvalue weighted by atomic mass is 79.9. The van der Waals surface area contributed by atoms with E-state index in [-0.39, 0.29) is 0 Å². The molecule has 4 heterocycles. The number of hydrazine groups is 1. The number of hydrogen-bond acceptors (Lipinski definition) is 5. The Kier molecular flexibility index (Phi) is 2.03. The number of H-pyrrole nitrogens is 1. The molecule has 1 aliphatic heterocycles. The summed E-state index contributed by atoms with van der Waals surface area (Å²) < 4.78 is 3.72. The largest absolute Gasteiger partial charge is 0.394 e. The standard InChI is InChI=1S/C10H5BrN6S/c11-8-3-12-9-10(14-8)17(16-9)4-5-1-6-7(18-5)2-13-15-6/h1-4H,(H,12,16)/p+1. The van der Waals surface area contributed by atoms with Gasteiger partial charge < -0.3 is 0 Å². The molecule has 0 spiro atoms. The molecule has 0 atom stereocenters. The fourth-order valence-electron chi connectivity index (χ4n) is 1.77. The first-order chi connectivity index (χ1) is 8.79. The lowest BCUT2D eigenvalue weighted by atomic mass is 10.4. The van der Waals surface area contributed by atoms with E-state index in [4.69, 9.17) is 0 Å². The van der Waals surface area contributed by atoms with Gasteiger partial charge in [0.15, 0.2) is 0 Å². The molecule has 18 heavy (non-hydrogen) atoms. The van der Waals surface area contributed by atoms with E-state index in [1.54, 1.807) is 17.5 Å². The lowest BCUT2D eigenvalue weighted by Crippen LogP contribution is -2.28. The average molecular weight is 322 g/mol. The van der Waals surface area contributed by atoms with Crippen molar-refractivity contribution in [3.63, 3.8) is 0 Å². The summed E-state index contributed by atoms with van der Waals surface area (Å²) in [6, 6.07) is 2.05. The second kappa shape index (κ2) is 3.59. The van der Waals surface area contributed by atoms with Crippen molar-refractivity contribution >= 4 is 55.3 Å². The Morgan fingerprint density at radius 1 is 1.39 bits per heavy atom. The van der Waals surface area contributed by atoms with E-state index in [1.165, 1.54) is 0 Å². The number of aromatic amines is 1. The first-order valence-electron chi connectivity index (χ1n) is 5.16. The summed E-state index contributed by atoms with van der Waals surface area (Å²) in [6.45, 7) is 0. The van der Waals surface area contributed by atoms with Crippen LogP contribution in [0.3, 0.4) is 0 Å². The van der Waals surface area contributed by atoms with Crippen LogP contribution in [0.1, 0.15) is 4.88 Å². The highest BCUT2D eigenvalue weighted by Crippen LogP contribution is 2.30. The van der Waals surface area contributed by atoms with Crippen LogP contribution < -0.4 is 5.43 Å². The second-order valence-electron chi connectivity index (χ2n) is 3.77. The fourth-order valence-corrected chi connectivity index (χ4v) is 2.95. The first kappa shape index (κ1) is 10.2. The van der Waals surface area contributed by atoms with E-state index in [9.17, 15) is 0 Å². The molecular formula is C10H6BrN6S+. The zero-order valence-electron chi connectivity index (χ0n) is 8.88. The van der Waals surface area contributed by atoms with E-state index in [0.717, 1.165) is 31.3 Å². The highest BCUT2D eigenvalue weighted by Gasteiger charge is 2.31. The smallest absolute Gasteiger partial charge is 0.277 e. The molecule has 0 saturated carbocycles. The van der Waals surface area contributed by atoms with Gasteiger partial charge in [-0.1, -0.05) is 0 Å². The predicted octanol–water partition coefficient (Wildman–Crippen LogP) is 2.28. The molecule has 0 aromatic carbocycles. The van der Waals surface area contributed by atoms with Crippen molar-refractivity contribution < 1.29 is 4.68 Å².